The molecule has 0 spiro atoms. The Morgan fingerprint density at radius 2 is 1.84 bits per heavy atom. The lowest BCUT2D eigenvalue weighted by molar-refractivity contribution is -0.119. The van der Waals surface area contributed by atoms with E-state index >= 15 is 0 Å². The van der Waals surface area contributed by atoms with Crippen molar-refractivity contribution in [3.63, 3.8) is 0 Å². The molecule has 0 radical (unpaired) electrons. The van der Waals surface area contributed by atoms with Gasteiger partial charge in [-0.05, 0) is 30.5 Å². The number of nitrogens with one attached hydrogen (secondary N) is 2. The highest BCUT2D eigenvalue weighted by Gasteiger charge is 2.08. The minimum atomic E-state index is -0.588. The van der Waals surface area contributed by atoms with Gasteiger partial charge in [0.15, 0.2) is 0 Å². The quantitative estimate of drug-likeness (QED) is 0.835. The first-order chi connectivity index (χ1) is 8.93. The van der Waals surface area contributed by atoms with Crippen LogP contribution in [-0.4, -0.2) is 17.8 Å². The van der Waals surface area contributed by atoms with Gasteiger partial charge in [0, 0.05) is 18.8 Å². The van der Waals surface area contributed by atoms with Crippen LogP contribution in [0.25, 0.3) is 0 Å². The van der Waals surface area contributed by atoms with Crippen LogP contribution in [0.5, 0.6) is 0 Å². The first kappa shape index (κ1) is 15.4. The fourth-order valence-electron chi connectivity index (χ4n) is 1.64. The summed E-state index contributed by atoms with van der Waals surface area (Å²) in [4.78, 5) is 22.5. The van der Waals surface area contributed by atoms with Crippen molar-refractivity contribution in [3.05, 3.63) is 34.6 Å². The molecule has 2 N–H and O–H groups in total. The van der Waals surface area contributed by atoms with Crippen LogP contribution < -0.4 is 10.6 Å². The maximum absolute atomic E-state index is 13.4. The van der Waals surface area contributed by atoms with Crippen molar-refractivity contribution in [2.75, 3.05) is 5.88 Å². The Morgan fingerprint density at radius 3 is 2.37 bits per heavy atom. The molecule has 0 saturated heterocycles. The number of halogens is 2. The molecular formula is C13H16ClFN2O2. The monoisotopic (exact) mass is 286 g/mol. The molecule has 1 aromatic rings. The number of carbonyl (C=O) groups excluding carboxylic acids is 2. The van der Waals surface area contributed by atoms with Gasteiger partial charge in [-0.1, -0.05) is 12.1 Å². The van der Waals surface area contributed by atoms with Gasteiger partial charge in [-0.2, -0.15) is 0 Å². The Balaban J connectivity index is 2.53. The van der Waals surface area contributed by atoms with Crippen LogP contribution in [0.4, 0.5) is 9.18 Å². The molecule has 3 amide bonds. The zero-order valence-electron chi connectivity index (χ0n) is 10.8. The lowest BCUT2D eigenvalue weighted by Gasteiger charge is -2.09. The van der Waals surface area contributed by atoms with Gasteiger partial charge in [0.2, 0.25) is 5.91 Å². The number of alkyl halides is 1. The zero-order chi connectivity index (χ0) is 14.4. The number of hydrogen-bond acceptors (Lipinski definition) is 2. The molecule has 0 fully saturated rings. The van der Waals surface area contributed by atoms with Gasteiger partial charge < -0.3 is 5.32 Å². The standard InChI is InChI=1S/C13H16ClFN2O2/c1-8-5-10(6-9(2)12(8)15)7-16-13(19)17-11(18)3-4-14/h5-6H,3-4,7H2,1-2H3,(H2,16,17,18,19). The molecule has 19 heavy (non-hydrogen) atoms. The lowest BCUT2D eigenvalue weighted by atomic mass is 10.1. The summed E-state index contributed by atoms with van der Waals surface area (Å²) in [5.74, 6) is -0.514. The summed E-state index contributed by atoms with van der Waals surface area (Å²) in [6.45, 7) is 3.55. The third-order valence-electron chi connectivity index (χ3n) is 2.52. The zero-order valence-corrected chi connectivity index (χ0v) is 11.6. The molecule has 0 heterocycles. The van der Waals surface area contributed by atoms with Gasteiger partial charge >= 0.3 is 6.03 Å². The normalized spacial score (nSPS) is 10.1. The lowest BCUT2D eigenvalue weighted by Crippen LogP contribution is -2.39. The van der Waals surface area contributed by atoms with E-state index in [1.165, 1.54) is 0 Å². The SMILES string of the molecule is Cc1cc(CNC(=O)NC(=O)CCCl)cc(C)c1F. The molecule has 0 aliphatic rings. The van der Waals surface area contributed by atoms with Crippen molar-refractivity contribution < 1.29 is 14.0 Å². The van der Waals surface area contributed by atoms with Crippen LogP contribution >= 0.6 is 11.6 Å². The van der Waals surface area contributed by atoms with Gasteiger partial charge in [0.25, 0.3) is 0 Å². The smallest absolute Gasteiger partial charge is 0.321 e. The second-order valence-corrected chi connectivity index (χ2v) is 4.59. The third kappa shape index (κ3) is 4.87. The van der Waals surface area contributed by atoms with Crippen molar-refractivity contribution in [1.29, 1.82) is 0 Å². The molecule has 0 unspecified atom stereocenters. The van der Waals surface area contributed by atoms with Crippen LogP contribution in [0, 0.1) is 19.7 Å². The molecule has 0 saturated carbocycles. The number of carbonyl (C=O) groups is 2. The predicted octanol–water partition coefficient (Wildman–Crippen LogP) is 2.40. The van der Waals surface area contributed by atoms with Crippen molar-refractivity contribution in [2.45, 2.75) is 26.8 Å². The average molecular weight is 287 g/mol. The van der Waals surface area contributed by atoms with Crippen LogP contribution in [0.2, 0.25) is 0 Å². The first-order valence-electron chi connectivity index (χ1n) is 5.83. The van der Waals surface area contributed by atoms with E-state index < -0.39 is 11.9 Å². The fourth-order valence-corrected chi connectivity index (χ4v) is 1.81. The molecule has 0 aliphatic carbocycles. The predicted molar refractivity (Wildman–Crippen MR) is 71.6 cm³/mol. The summed E-state index contributed by atoms with van der Waals surface area (Å²) < 4.78 is 13.4. The van der Waals surface area contributed by atoms with Gasteiger partial charge in [0.1, 0.15) is 5.82 Å². The second kappa shape index (κ2) is 7.09. The minimum Gasteiger partial charge on any atom is -0.334 e. The molecule has 0 aromatic heterocycles. The fraction of sp³-hybridized carbons (Fsp3) is 0.385. The topological polar surface area (TPSA) is 58.2 Å². The highest BCUT2D eigenvalue weighted by atomic mass is 35.5. The van der Waals surface area contributed by atoms with Gasteiger partial charge in [0.05, 0.1) is 0 Å². The molecule has 0 aliphatic heterocycles. The van der Waals surface area contributed by atoms with Crippen LogP contribution in [0.1, 0.15) is 23.1 Å². The maximum Gasteiger partial charge on any atom is 0.321 e. The van der Waals surface area contributed by atoms with Crippen molar-refractivity contribution in [2.24, 2.45) is 0 Å². The van der Waals surface area contributed by atoms with Crippen LogP contribution in [0.15, 0.2) is 12.1 Å². The van der Waals surface area contributed by atoms with E-state index in [0.29, 0.717) is 11.1 Å². The van der Waals surface area contributed by atoms with Gasteiger partial charge in [-0.15, -0.1) is 11.6 Å². The number of urea groups is 1. The van der Waals surface area contributed by atoms with Crippen LogP contribution in [0.3, 0.4) is 0 Å². The number of aryl methyl sites for hydroxylation is 2. The van der Waals surface area contributed by atoms with Crippen molar-refractivity contribution >= 4 is 23.5 Å². The Bertz CT molecular complexity index is 469. The van der Waals surface area contributed by atoms with E-state index in [0.717, 1.165) is 5.56 Å². The number of amides is 3. The molecular weight excluding hydrogens is 271 g/mol. The number of imide groups is 1. The number of benzene rings is 1. The Kier molecular flexibility index (Phi) is 5.76. The van der Waals surface area contributed by atoms with E-state index in [9.17, 15) is 14.0 Å². The Hall–Kier alpha value is -1.62. The third-order valence-corrected chi connectivity index (χ3v) is 2.71. The summed E-state index contributed by atoms with van der Waals surface area (Å²) in [5, 5.41) is 4.67. The summed E-state index contributed by atoms with van der Waals surface area (Å²) >= 11 is 5.37. The summed E-state index contributed by atoms with van der Waals surface area (Å²) in [6, 6.07) is 2.72. The average Bonchev–Trinajstić information content (AvgIpc) is 2.33. The van der Waals surface area contributed by atoms with Gasteiger partial charge in [-0.3, -0.25) is 10.1 Å². The molecule has 0 atom stereocenters. The van der Waals surface area contributed by atoms with Crippen LogP contribution in [-0.2, 0) is 11.3 Å². The van der Waals surface area contributed by atoms with E-state index in [-0.39, 0.29) is 24.7 Å². The van der Waals surface area contributed by atoms with Crippen molar-refractivity contribution in [1.82, 2.24) is 10.6 Å². The maximum atomic E-state index is 13.4. The Labute approximate surface area is 116 Å². The van der Waals surface area contributed by atoms with Crippen molar-refractivity contribution in [3.8, 4) is 0 Å². The minimum absolute atomic E-state index is 0.0870. The molecule has 1 rings (SSSR count). The second-order valence-electron chi connectivity index (χ2n) is 4.21. The van der Waals surface area contributed by atoms with E-state index in [4.69, 9.17) is 11.6 Å². The molecule has 4 nitrogen and oxygen atoms in total. The van der Waals surface area contributed by atoms with E-state index in [2.05, 4.69) is 10.6 Å². The van der Waals surface area contributed by atoms with E-state index in [1.807, 2.05) is 0 Å². The summed E-state index contributed by atoms with van der Waals surface area (Å²) in [7, 11) is 0. The highest BCUT2D eigenvalue weighted by molar-refractivity contribution is 6.19. The summed E-state index contributed by atoms with van der Waals surface area (Å²) in [6.07, 6.45) is 0.0870. The first-order valence-corrected chi connectivity index (χ1v) is 6.36. The summed E-state index contributed by atoms with van der Waals surface area (Å²) in [5.41, 5.74) is 1.82. The largest absolute Gasteiger partial charge is 0.334 e. The molecule has 6 heteroatoms. The van der Waals surface area contributed by atoms with E-state index in [1.54, 1.807) is 26.0 Å². The molecule has 0 bridgehead atoms. The molecule has 1 aromatic carbocycles. The number of rotatable bonds is 4. The van der Waals surface area contributed by atoms with Gasteiger partial charge in [-0.25, -0.2) is 9.18 Å². The molecule has 104 valence electrons. The highest BCUT2D eigenvalue weighted by Crippen LogP contribution is 2.14. The Morgan fingerprint density at radius 1 is 1.26 bits per heavy atom. The number of hydrogen-bond donors (Lipinski definition) is 2.